The Hall–Kier alpha value is -1.88. The highest BCUT2D eigenvalue weighted by atomic mass is 35.5. The second-order valence-electron chi connectivity index (χ2n) is 5.78. The Balaban J connectivity index is 1.95. The highest BCUT2D eigenvalue weighted by Crippen LogP contribution is 2.40. The standard InChI is InChI=1S/C18H15Cl2NO3/c1-2-10-3-6-15-12(7-10)18(24,17(23)21-15)9-16(22)11-4-5-13(19)14(20)8-11/h3-8,24H,2,9H2,1H3,(H,21,23)/t18-/m0/s1. The number of benzene rings is 2. The lowest BCUT2D eigenvalue weighted by molar-refractivity contribution is -0.133. The Bertz CT molecular complexity index is 850. The predicted molar refractivity (Wildman–Crippen MR) is 93.8 cm³/mol. The maximum Gasteiger partial charge on any atom is 0.261 e. The zero-order valence-electron chi connectivity index (χ0n) is 12.9. The Morgan fingerprint density at radius 2 is 1.92 bits per heavy atom. The van der Waals surface area contributed by atoms with Gasteiger partial charge in [0, 0.05) is 16.8 Å². The fourth-order valence-corrected chi connectivity index (χ4v) is 3.09. The van der Waals surface area contributed by atoms with Crippen LogP contribution in [-0.4, -0.2) is 16.8 Å². The second-order valence-corrected chi connectivity index (χ2v) is 6.59. The molecule has 0 saturated heterocycles. The normalized spacial score (nSPS) is 19.1. The number of halogens is 2. The Kier molecular flexibility index (Phi) is 4.38. The summed E-state index contributed by atoms with van der Waals surface area (Å²) >= 11 is 11.8. The molecule has 1 amide bonds. The number of ketones is 1. The van der Waals surface area contributed by atoms with Crippen LogP contribution in [0.5, 0.6) is 0 Å². The number of amides is 1. The van der Waals surface area contributed by atoms with E-state index in [4.69, 9.17) is 23.2 Å². The van der Waals surface area contributed by atoms with Crippen molar-refractivity contribution in [2.45, 2.75) is 25.4 Å². The van der Waals surface area contributed by atoms with E-state index in [0.717, 1.165) is 12.0 Å². The molecule has 0 saturated carbocycles. The minimum Gasteiger partial charge on any atom is -0.375 e. The zero-order valence-corrected chi connectivity index (χ0v) is 14.4. The lowest BCUT2D eigenvalue weighted by Gasteiger charge is -2.20. The quantitative estimate of drug-likeness (QED) is 0.807. The number of anilines is 1. The minimum absolute atomic E-state index is 0.249. The van der Waals surface area contributed by atoms with Crippen molar-refractivity contribution < 1.29 is 14.7 Å². The van der Waals surface area contributed by atoms with Gasteiger partial charge in [-0.25, -0.2) is 0 Å². The number of nitrogens with one attached hydrogen (secondary N) is 1. The molecule has 0 fully saturated rings. The molecule has 4 nitrogen and oxygen atoms in total. The first-order chi connectivity index (χ1) is 11.3. The molecule has 0 unspecified atom stereocenters. The molecule has 124 valence electrons. The smallest absolute Gasteiger partial charge is 0.261 e. The molecule has 0 aromatic heterocycles. The molecule has 0 bridgehead atoms. The molecule has 1 aliphatic heterocycles. The van der Waals surface area contributed by atoms with Crippen LogP contribution in [0.1, 0.15) is 34.8 Å². The molecule has 2 N–H and O–H groups in total. The molecular weight excluding hydrogens is 349 g/mol. The van der Waals surface area contributed by atoms with E-state index in [1.165, 1.54) is 18.2 Å². The molecule has 1 aliphatic rings. The summed E-state index contributed by atoms with van der Waals surface area (Å²) in [5, 5.41) is 14.1. The summed E-state index contributed by atoms with van der Waals surface area (Å²) in [5.41, 5.74) is 0.349. The average Bonchev–Trinajstić information content (AvgIpc) is 2.80. The third kappa shape index (κ3) is 2.81. The highest BCUT2D eigenvalue weighted by molar-refractivity contribution is 6.42. The highest BCUT2D eigenvalue weighted by Gasteiger charge is 2.46. The van der Waals surface area contributed by atoms with Crippen LogP contribution in [0.25, 0.3) is 0 Å². The largest absolute Gasteiger partial charge is 0.375 e. The maximum atomic E-state index is 12.5. The van der Waals surface area contributed by atoms with Gasteiger partial charge in [0.05, 0.1) is 16.5 Å². The first-order valence-corrected chi connectivity index (χ1v) is 8.26. The second kappa shape index (κ2) is 6.20. The van der Waals surface area contributed by atoms with Gasteiger partial charge in [-0.2, -0.15) is 0 Å². The van der Waals surface area contributed by atoms with Gasteiger partial charge < -0.3 is 10.4 Å². The Morgan fingerprint density at radius 1 is 1.17 bits per heavy atom. The van der Waals surface area contributed by atoms with Crippen molar-refractivity contribution in [3.8, 4) is 0 Å². The third-order valence-electron chi connectivity index (χ3n) is 4.22. The van der Waals surface area contributed by atoms with Crippen LogP contribution in [0.2, 0.25) is 10.0 Å². The lowest BCUT2D eigenvalue weighted by Crippen LogP contribution is -2.36. The molecule has 1 heterocycles. The number of carbonyl (C=O) groups is 2. The van der Waals surface area contributed by atoms with Crippen molar-refractivity contribution in [1.82, 2.24) is 0 Å². The first kappa shape index (κ1) is 17.0. The van der Waals surface area contributed by atoms with E-state index in [2.05, 4.69) is 5.32 Å². The first-order valence-electron chi connectivity index (χ1n) is 7.50. The molecule has 0 radical (unpaired) electrons. The number of hydrogen-bond donors (Lipinski definition) is 2. The molecule has 1 atom stereocenters. The molecule has 6 heteroatoms. The molecule has 2 aromatic rings. The van der Waals surface area contributed by atoms with E-state index in [1.54, 1.807) is 12.1 Å². The SMILES string of the molecule is CCc1ccc2c(c1)[C@@](O)(CC(=O)c1ccc(Cl)c(Cl)c1)C(=O)N2. The number of hydrogen-bond acceptors (Lipinski definition) is 3. The predicted octanol–water partition coefficient (Wildman–Crippen LogP) is 3.97. The summed E-state index contributed by atoms with van der Waals surface area (Å²) in [5.74, 6) is -0.986. The summed E-state index contributed by atoms with van der Waals surface area (Å²) in [4.78, 5) is 24.8. The van der Waals surface area contributed by atoms with Crippen molar-refractivity contribution in [2.75, 3.05) is 5.32 Å². The molecule has 0 aliphatic carbocycles. The van der Waals surface area contributed by atoms with Gasteiger partial charge in [-0.3, -0.25) is 9.59 Å². The lowest BCUT2D eigenvalue weighted by atomic mass is 9.87. The van der Waals surface area contributed by atoms with E-state index in [0.29, 0.717) is 21.8 Å². The van der Waals surface area contributed by atoms with Gasteiger partial charge in [-0.1, -0.05) is 42.3 Å². The fraction of sp³-hybridized carbons (Fsp3) is 0.222. The van der Waals surface area contributed by atoms with Crippen LogP contribution in [0.4, 0.5) is 5.69 Å². The summed E-state index contributed by atoms with van der Waals surface area (Å²) in [6.07, 6.45) is 0.398. The van der Waals surface area contributed by atoms with E-state index in [-0.39, 0.29) is 17.2 Å². The van der Waals surface area contributed by atoms with E-state index >= 15 is 0 Å². The maximum absolute atomic E-state index is 12.5. The zero-order chi connectivity index (χ0) is 17.5. The summed E-state index contributed by atoms with van der Waals surface area (Å²) in [7, 11) is 0. The number of rotatable bonds is 4. The third-order valence-corrected chi connectivity index (χ3v) is 4.96. The number of Topliss-reactive ketones (excluding diaryl/α,β-unsaturated/α-hetero) is 1. The van der Waals surface area contributed by atoms with Gasteiger partial charge in [0.1, 0.15) is 0 Å². The van der Waals surface area contributed by atoms with E-state index < -0.39 is 11.5 Å². The monoisotopic (exact) mass is 363 g/mol. The van der Waals surface area contributed by atoms with Crippen LogP contribution in [0, 0.1) is 0 Å². The van der Waals surface area contributed by atoms with E-state index in [1.807, 2.05) is 13.0 Å². The van der Waals surface area contributed by atoms with Crippen molar-refractivity contribution >= 4 is 40.6 Å². The van der Waals surface area contributed by atoms with Crippen molar-refractivity contribution in [2.24, 2.45) is 0 Å². The topological polar surface area (TPSA) is 66.4 Å². The molecule has 3 rings (SSSR count). The van der Waals surface area contributed by atoms with Crippen LogP contribution in [0.3, 0.4) is 0 Å². The molecular formula is C18H15Cl2NO3. The fourth-order valence-electron chi connectivity index (χ4n) is 2.79. The van der Waals surface area contributed by atoms with Crippen LogP contribution < -0.4 is 5.32 Å². The number of carbonyl (C=O) groups excluding carboxylic acids is 2. The van der Waals surface area contributed by atoms with Crippen molar-refractivity contribution in [1.29, 1.82) is 0 Å². The van der Waals surface area contributed by atoms with Gasteiger partial charge in [-0.15, -0.1) is 0 Å². The van der Waals surface area contributed by atoms with Gasteiger partial charge in [0.15, 0.2) is 11.4 Å². The number of fused-ring (bicyclic) bond motifs is 1. The van der Waals surface area contributed by atoms with Crippen molar-refractivity contribution in [3.05, 3.63) is 63.1 Å². The van der Waals surface area contributed by atoms with Crippen LogP contribution in [0.15, 0.2) is 36.4 Å². The number of aliphatic hydroxyl groups is 1. The number of aryl methyl sites for hydroxylation is 1. The van der Waals surface area contributed by atoms with Gasteiger partial charge in [0.2, 0.25) is 0 Å². The van der Waals surface area contributed by atoms with Crippen molar-refractivity contribution in [3.63, 3.8) is 0 Å². The summed E-state index contributed by atoms with van der Waals surface area (Å²) in [6.45, 7) is 1.98. The Labute approximate surface area is 149 Å². The van der Waals surface area contributed by atoms with Gasteiger partial charge in [-0.05, 0) is 36.2 Å². The van der Waals surface area contributed by atoms with E-state index in [9.17, 15) is 14.7 Å². The molecule has 2 aromatic carbocycles. The van der Waals surface area contributed by atoms with Crippen LogP contribution >= 0.6 is 23.2 Å². The minimum atomic E-state index is -1.89. The Morgan fingerprint density at radius 3 is 2.58 bits per heavy atom. The van der Waals surface area contributed by atoms with Gasteiger partial charge >= 0.3 is 0 Å². The molecule has 0 spiro atoms. The summed E-state index contributed by atoms with van der Waals surface area (Å²) in [6, 6.07) is 9.86. The average molecular weight is 364 g/mol. The van der Waals surface area contributed by atoms with Crippen LogP contribution in [-0.2, 0) is 16.8 Å². The van der Waals surface area contributed by atoms with Gasteiger partial charge in [0.25, 0.3) is 5.91 Å². The summed E-state index contributed by atoms with van der Waals surface area (Å²) < 4.78 is 0. The molecule has 24 heavy (non-hydrogen) atoms.